The van der Waals surface area contributed by atoms with Gasteiger partial charge in [-0.05, 0) is 66.9 Å². The van der Waals surface area contributed by atoms with E-state index in [-0.39, 0.29) is 36.1 Å². The van der Waals surface area contributed by atoms with E-state index in [2.05, 4.69) is 20.9 Å². The van der Waals surface area contributed by atoms with Crippen molar-refractivity contribution in [3.63, 3.8) is 0 Å². The molecule has 0 radical (unpaired) electrons. The average molecular weight is 1090 g/mol. The van der Waals surface area contributed by atoms with Crippen LogP contribution in [0.2, 0.25) is 0 Å². The van der Waals surface area contributed by atoms with Crippen molar-refractivity contribution in [3.8, 4) is 11.5 Å². The monoisotopic (exact) mass is 1090 g/mol. The van der Waals surface area contributed by atoms with Gasteiger partial charge in [-0.1, -0.05) is 81.0 Å². The molecule has 0 aliphatic carbocycles. The van der Waals surface area contributed by atoms with Gasteiger partial charge < -0.3 is 39.5 Å². The van der Waals surface area contributed by atoms with Gasteiger partial charge in [0.1, 0.15) is 17.5 Å². The molecular formula is C57H59F6N5O10. The van der Waals surface area contributed by atoms with E-state index in [1.54, 1.807) is 42.5 Å². The van der Waals surface area contributed by atoms with Crippen LogP contribution in [0, 0.1) is 0 Å². The van der Waals surface area contributed by atoms with Crippen LogP contribution in [-0.2, 0) is 53.1 Å². The van der Waals surface area contributed by atoms with Gasteiger partial charge in [-0.2, -0.15) is 31.8 Å². The van der Waals surface area contributed by atoms with Crippen LogP contribution in [0.4, 0.5) is 37.7 Å². The van der Waals surface area contributed by atoms with E-state index >= 15 is 0 Å². The van der Waals surface area contributed by atoms with Gasteiger partial charge in [0.2, 0.25) is 11.8 Å². The van der Waals surface area contributed by atoms with E-state index in [0.717, 1.165) is 56.3 Å². The lowest BCUT2D eigenvalue weighted by Gasteiger charge is -2.37. The fourth-order valence-corrected chi connectivity index (χ4v) is 9.26. The first-order valence-electron chi connectivity index (χ1n) is 25.3. The summed E-state index contributed by atoms with van der Waals surface area (Å²) in [5.41, 5.74) is 0.634. The number of alkyl halides is 6. The summed E-state index contributed by atoms with van der Waals surface area (Å²) >= 11 is 0. The number of amides is 2. The van der Waals surface area contributed by atoms with Crippen LogP contribution >= 0.6 is 0 Å². The first-order chi connectivity index (χ1) is 37.1. The van der Waals surface area contributed by atoms with Gasteiger partial charge in [-0.3, -0.25) is 14.4 Å². The molecule has 1 atom stereocenters. The Morgan fingerprint density at radius 1 is 0.654 bits per heavy atom. The minimum atomic E-state index is -5.34. The highest BCUT2D eigenvalue weighted by molar-refractivity contribution is 6.00. The van der Waals surface area contributed by atoms with Crippen molar-refractivity contribution >= 4 is 46.9 Å². The number of rotatable bonds is 24. The van der Waals surface area contributed by atoms with Crippen molar-refractivity contribution in [2.75, 3.05) is 57.7 Å². The van der Waals surface area contributed by atoms with Crippen molar-refractivity contribution in [1.29, 1.82) is 0 Å². The third-order valence-electron chi connectivity index (χ3n) is 13.3. The molecule has 78 heavy (non-hydrogen) atoms. The van der Waals surface area contributed by atoms with Crippen LogP contribution in [-0.4, -0.2) is 89.4 Å². The first kappa shape index (κ1) is 57.8. The third kappa shape index (κ3) is 13.8. The first-order valence-corrected chi connectivity index (χ1v) is 25.3. The topological polar surface area (TPSA) is 182 Å². The number of benzene rings is 5. The number of ketones is 1. The molecular weight excluding hydrogens is 1030 g/mol. The maximum absolute atomic E-state index is 13.7. The molecule has 0 bridgehead atoms. The Hall–Kier alpha value is -7.94. The summed E-state index contributed by atoms with van der Waals surface area (Å²) < 4.78 is 98.4. The molecule has 2 aliphatic heterocycles. The zero-order chi connectivity index (χ0) is 56.4. The van der Waals surface area contributed by atoms with Gasteiger partial charge >= 0.3 is 30.3 Å². The summed E-state index contributed by atoms with van der Waals surface area (Å²) in [5, 5.41) is 4.96. The lowest BCUT2D eigenvalue weighted by atomic mass is 9.77. The highest BCUT2D eigenvalue weighted by Gasteiger charge is 2.54. The molecule has 0 aromatic heterocycles. The Morgan fingerprint density at radius 2 is 1.22 bits per heavy atom. The molecule has 15 nitrogen and oxygen atoms in total. The van der Waals surface area contributed by atoms with Crippen molar-refractivity contribution < 1.29 is 74.2 Å². The fourth-order valence-electron chi connectivity index (χ4n) is 9.26. The van der Waals surface area contributed by atoms with Gasteiger partial charge in [0, 0.05) is 87.8 Å². The number of nitrogens with zero attached hydrogens (tertiary/aromatic N) is 2. The number of fused-ring (bicyclic) bond motifs is 6. The van der Waals surface area contributed by atoms with Crippen LogP contribution in [0.3, 0.4) is 0 Å². The molecule has 1 spiro atoms. The highest BCUT2D eigenvalue weighted by atomic mass is 19.4. The predicted molar refractivity (Wildman–Crippen MR) is 275 cm³/mol. The van der Waals surface area contributed by atoms with Crippen LogP contribution in [0.1, 0.15) is 122 Å². The van der Waals surface area contributed by atoms with Gasteiger partial charge in [0.25, 0.3) is 0 Å². The molecule has 0 fully saturated rings. The number of halogens is 6. The Balaban J connectivity index is 0.804. The van der Waals surface area contributed by atoms with E-state index in [0.29, 0.717) is 52.8 Å². The quantitative estimate of drug-likeness (QED) is 0.0175. The van der Waals surface area contributed by atoms with Crippen LogP contribution in [0.15, 0.2) is 103 Å². The lowest BCUT2D eigenvalue weighted by Crippen LogP contribution is -2.49. The number of anilines is 2. The minimum absolute atomic E-state index is 0.0290. The largest absolute Gasteiger partial charge is 0.456 e. The van der Waals surface area contributed by atoms with Crippen molar-refractivity contribution in [3.05, 3.63) is 153 Å². The SMILES string of the molecule is CN(C)c1ccc2c(c1)Oc1cc(N(C)C)ccc1C21OC(=O)c2cc(C(=O)ONCCCCCCCCCCC(=O)NC(Cc3ccccc3)C(=O)NCC(=O)COC(=O)c3c(C(F)(F)F)cccc3C(F)(F)F)ccc21. The molecule has 3 N–H and O–H groups in total. The molecule has 7 rings (SSSR count). The number of unbranched alkanes of at least 4 members (excludes halogenated alkanes) is 7. The van der Waals surface area contributed by atoms with Crippen molar-refractivity contribution in [1.82, 2.24) is 16.1 Å². The second-order valence-corrected chi connectivity index (χ2v) is 19.3. The van der Waals surface area contributed by atoms with E-state index in [9.17, 15) is 55.1 Å². The molecule has 5 aromatic rings. The maximum atomic E-state index is 13.7. The molecule has 2 amide bonds. The number of carbonyl (C=O) groups is 6. The number of Topliss-reactive ketones (excluding diaryl/α,β-unsaturated/α-hetero) is 1. The predicted octanol–water partition coefficient (Wildman–Crippen LogP) is 9.87. The number of carbonyl (C=O) groups excluding carboxylic acids is 6. The van der Waals surface area contributed by atoms with Crippen molar-refractivity contribution in [2.24, 2.45) is 0 Å². The average Bonchev–Trinajstić information content (AvgIpc) is 3.94. The normalized spacial score (nSPS) is 13.5. The zero-order valence-electron chi connectivity index (χ0n) is 43.3. The van der Waals surface area contributed by atoms with Crippen LogP contribution in [0.25, 0.3) is 0 Å². The molecule has 0 saturated carbocycles. The third-order valence-corrected chi connectivity index (χ3v) is 13.3. The van der Waals surface area contributed by atoms with E-state index < -0.39 is 89.3 Å². The van der Waals surface area contributed by atoms with Crippen molar-refractivity contribution in [2.45, 2.75) is 88.2 Å². The molecule has 0 saturated heterocycles. The van der Waals surface area contributed by atoms with Gasteiger partial charge in [0.05, 0.1) is 34.4 Å². The smallest absolute Gasteiger partial charge is 0.417 e. The maximum Gasteiger partial charge on any atom is 0.417 e. The Labute approximate surface area is 446 Å². The fraction of sp³-hybridized carbons (Fsp3) is 0.368. The molecule has 1 unspecified atom stereocenters. The Morgan fingerprint density at radius 3 is 1.79 bits per heavy atom. The number of esters is 2. The highest BCUT2D eigenvalue weighted by Crippen LogP contribution is 2.57. The van der Waals surface area contributed by atoms with Gasteiger partial charge in [-0.25, -0.2) is 14.4 Å². The Bertz CT molecular complexity index is 2930. The molecule has 21 heteroatoms. The Kier molecular flexibility index (Phi) is 18.5. The molecule has 5 aromatic carbocycles. The minimum Gasteiger partial charge on any atom is -0.456 e. The van der Waals surface area contributed by atoms with E-state index in [1.807, 2.05) is 74.4 Å². The molecule has 2 aliphatic rings. The number of hydrogen-bond donors (Lipinski definition) is 3. The number of nitrogens with one attached hydrogen (secondary N) is 3. The van der Waals surface area contributed by atoms with Crippen LogP contribution < -0.4 is 30.7 Å². The lowest BCUT2D eigenvalue weighted by molar-refractivity contribution is -0.144. The second kappa shape index (κ2) is 25.0. The summed E-state index contributed by atoms with van der Waals surface area (Å²) in [5.74, 6) is -4.44. The number of ether oxygens (including phenoxy) is 3. The van der Waals surface area contributed by atoms with Gasteiger partial charge in [0.15, 0.2) is 18.0 Å². The standard InChI is InChI=1S/C57H59F6N5O10/c1-67(2)37-23-26-42-47(31-37)76-48-32-38(68(3)4)24-27-43(48)55(42)41-25-22-36(30-40(41)53(73)77-55)52(72)78-65-28-15-10-8-6-5-7-9-14-21-49(70)66-46(29-35-17-12-11-13-18-35)51(71)64-33-39(69)34-75-54(74)50-44(56(58,59)60)19-16-20-45(50)57(61,62)63/h11-13,16-20,22-27,30-32,46,65H,5-10,14-15,21,28-29,33-34H2,1-4H3,(H,64,71)(H,66,70). The number of hydroxylamine groups is 1. The second-order valence-electron chi connectivity index (χ2n) is 19.3. The summed E-state index contributed by atoms with van der Waals surface area (Å²) in [6, 6.07) is 24.8. The summed E-state index contributed by atoms with van der Waals surface area (Å²) in [6.07, 6.45) is -4.11. The number of hydrogen-bond acceptors (Lipinski definition) is 13. The summed E-state index contributed by atoms with van der Waals surface area (Å²) in [4.78, 5) is 87.4. The molecule has 2 heterocycles. The van der Waals surface area contributed by atoms with Gasteiger partial charge in [-0.15, -0.1) is 0 Å². The summed E-state index contributed by atoms with van der Waals surface area (Å²) in [7, 11) is 7.70. The summed E-state index contributed by atoms with van der Waals surface area (Å²) in [6.45, 7) is -1.64. The van der Waals surface area contributed by atoms with Crippen LogP contribution in [0.5, 0.6) is 11.5 Å². The zero-order valence-corrected chi connectivity index (χ0v) is 43.3. The molecule has 414 valence electrons. The van der Waals surface area contributed by atoms with E-state index in [4.69, 9.17) is 14.3 Å². The van der Waals surface area contributed by atoms with E-state index in [1.165, 1.54) is 6.07 Å².